The Morgan fingerprint density at radius 1 is 0.696 bits per heavy atom. The summed E-state index contributed by atoms with van der Waals surface area (Å²) in [6, 6.07) is 0.322. The monoisotopic (exact) mass is 326 g/mol. The van der Waals surface area contributed by atoms with Crippen LogP contribution in [0.25, 0.3) is 0 Å². The van der Waals surface area contributed by atoms with Crippen molar-refractivity contribution in [3.05, 3.63) is 12.2 Å². The first-order valence-electron chi connectivity index (χ1n) is 10.3. The number of unbranched alkanes of at least 4 members (excludes halogenated alkanes) is 9. The predicted molar refractivity (Wildman–Crippen MR) is 108 cm³/mol. The molecule has 0 aromatic rings. The average Bonchev–Trinajstić information content (AvgIpc) is 2.53. The van der Waals surface area contributed by atoms with Gasteiger partial charge in [0, 0.05) is 6.04 Å². The fraction of sp³-hybridized carbons (Fsp3) is 0.905. The second-order valence-corrected chi connectivity index (χ2v) is 6.71. The van der Waals surface area contributed by atoms with Crippen LogP contribution in [-0.2, 0) is 0 Å². The predicted octanol–water partition coefficient (Wildman–Crippen LogP) is 6.34. The van der Waals surface area contributed by atoms with Crippen molar-refractivity contribution in [3.8, 4) is 0 Å². The van der Waals surface area contributed by atoms with E-state index in [9.17, 15) is 0 Å². The third kappa shape index (κ3) is 26.8. The molecule has 2 nitrogen and oxygen atoms in total. The Kier molecular flexibility index (Phi) is 25.9. The van der Waals surface area contributed by atoms with Gasteiger partial charge in [-0.3, -0.25) is 0 Å². The van der Waals surface area contributed by atoms with Gasteiger partial charge in [-0.25, -0.2) is 0 Å². The van der Waals surface area contributed by atoms with E-state index in [1.807, 2.05) is 0 Å². The second kappa shape index (κ2) is 23.9. The van der Waals surface area contributed by atoms with Crippen LogP contribution in [0.15, 0.2) is 12.2 Å². The van der Waals surface area contributed by atoms with Crippen LogP contribution in [0.3, 0.4) is 0 Å². The van der Waals surface area contributed by atoms with Crippen molar-refractivity contribution in [2.24, 2.45) is 11.5 Å². The molecule has 0 saturated heterocycles. The standard InChI is InChI=1S/C18H38N2.C3H8/c1-2-3-4-5-6-7-8-9-10-11-12-13-14-15-18(20)16-17-19;1-3-2/h9-10,18H,2-8,11-17,19-20H2,1H3;3H2,1-2H3/b10-9-;. The normalized spacial score (nSPS) is 12.2. The van der Waals surface area contributed by atoms with Crippen molar-refractivity contribution < 1.29 is 0 Å². The lowest BCUT2D eigenvalue weighted by molar-refractivity contribution is 0.529. The highest BCUT2D eigenvalue weighted by Gasteiger charge is 1.99. The van der Waals surface area contributed by atoms with E-state index in [4.69, 9.17) is 11.5 Å². The van der Waals surface area contributed by atoms with Gasteiger partial charge in [-0.1, -0.05) is 84.3 Å². The maximum Gasteiger partial charge on any atom is 0.00508 e. The molecule has 0 fully saturated rings. The molecule has 0 aliphatic rings. The minimum Gasteiger partial charge on any atom is -0.330 e. The summed E-state index contributed by atoms with van der Waals surface area (Å²) in [4.78, 5) is 0. The van der Waals surface area contributed by atoms with Crippen LogP contribution in [0.4, 0.5) is 0 Å². The van der Waals surface area contributed by atoms with Gasteiger partial charge in [-0.05, 0) is 45.1 Å². The smallest absolute Gasteiger partial charge is 0.00508 e. The van der Waals surface area contributed by atoms with Gasteiger partial charge >= 0.3 is 0 Å². The summed E-state index contributed by atoms with van der Waals surface area (Å²) >= 11 is 0. The highest BCUT2D eigenvalue weighted by molar-refractivity contribution is 4.81. The second-order valence-electron chi connectivity index (χ2n) is 6.71. The zero-order valence-electron chi connectivity index (χ0n) is 16.5. The van der Waals surface area contributed by atoms with E-state index >= 15 is 0 Å². The molecule has 0 spiro atoms. The number of nitrogens with two attached hydrogens (primary N) is 2. The fourth-order valence-electron chi connectivity index (χ4n) is 2.48. The van der Waals surface area contributed by atoms with Crippen LogP contribution in [0, 0.1) is 0 Å². The van der Waals surface area contributed by atoms with E-state index in [-0.39, 0.29) is 0 Å². The Balaban J connectivity index is 0. The van der Waals surface area contributed by atoms with E-state index in [0.29, 0.717) is 6.04 Å². The molecule has 1 unspecified atom stereocenters. The van der Waals surface area contributed by atoms with Gasteiger partial charge in [0.05, 0.1) is 0 Å². The Morgan fingerprint density at radius 3 is 1.70 bits per heavy atom. The Labute approximate surface area is 147 Å². The highest BCUT2D eigenvalue weighted by Crippen LogP contribution is 2.09. The van der Waals surface area contributed by atoms with E-state index in [0.717, 1.165) is 19.4 Å². The molecular formula is C21H46N2. The average molecular weight is 327 g/mol. The summed E-state index contributed by atoms with van der Waals surface area (Å²) < 4.78 is 0. The molecule has 4 N–H and O–H groups in total. The molecule has 0 amide bonds. The van der Waals surface area contributed by atoms with Crippen molar-refractivity contribution in [3.63, 3.8) is 0 Å². The lowest BCUT2D eigenvalue weighted by Crippen LogP contribution is -2.23. The van der Waals surface area contributed by atoms with Crippen LogP contribution in [-0.4, -0.2) is 12.6 Å². The van der Waals surface area contributed by atoms with Gasteiger partial charge in [0.25, 0.3) is 0 Å². The van der Waals surface area contributed by atoms with Crippen LogP contribution < -0.4 is 11.5 Å². The van der Waals surface area contributed by atoms with Crippen molar-refractivity contribution in [2.45, 2.75) is 117 Å². The highest BCUT2D eigenvalue weighted by atomic mass is 14.6. The van der Waals surface area contributed by atoms with Crippen molar-refractivity contribution in [1.82, 2.24) is 0 Å². The molecule has 140 valence electrons. The largest absolute Gasteiger partial charge is 0.330 e. The molecule has 0 aromatic carbocycles. The molecule has 0 aliphatic carbocycles. The van der Waals surface area contributed by atoms with E-state index < -0.39 is 0 Å². The Morgan fingerprint density at radius 2 is 1.17 bits per heavy atom. The molecule has 2 heteroatoms. The molecule has 0 aliphatic heterocycles. The van der Waals surface area contributed by atoms with Crippen molar-refractivity contribution >= 4 is 0 Å². The first kappa shape index (κ1) is 24.9. The topological polar surface area (TPSA) is 52.0 Å². The third-order valence-electron chi connectivity index (χ3n) is 3.87. The Hall–Kier alpha value is -0.340. The number of allylic oxidation sites excluding steroid dienone is 2. The summed E-state index contributed by atoms with van der Waals surface area (Å²) in [5.41, 5.74) is 11.4. The maximum absolute atomic E-state index is 5.93. The quantitative estimate of drug-likeness (QED) is 0.272. The SMILES string of the molecule is CCC.CCCCCCCC/C=C\CCCCCC(N)CCN. The van der Waals surface area contributed by atoms with Gasteiger partial charge in [0.15, 0.2) is 0 Å². The van der Waals surface area contributed by atoms with Crippen molar-refractivity contribution in [1.29, 1.82) is 0 Å². The molecule has 0 heterocycles. The van der Waals surface area contributed by atoms with Crippen LogP contribution in [0.1, 0.15) is 111 Å². The van der Waals surface area contributed by atoms with E-state index in [1.165, 1.54) is 77.0 Å². The van der Waals surface area contributed by atoms with E-state index in [1.54, 1.807) is 0 Å². The van der Waals surface area contributed by atoms with Crippen molar-refractivity contribution in [2.75, 3.05) is 6.54 Å². The first-order chi connectivity index (χ1) is 11.2. The molecule has 0 aromatic heterocycles. The molecule has 0 radical (unpaired) electrons. The van der Waals surface area contributed by atoms with Gasteiger partial charge < -0.3 is 11.5 Å². The first-order valence-corrected chi connectivity index (χ1v) is 10.3. The molecule has 0 rings (SSSR count). The summed E-state index contributed by atoms with van der Waals surface area (Å²) in [6.07, 6.45) is 22.9. The van der Waals surface area contributed by atoms with Gasteiger partial charge in [0.2, 0.25) is 0 Å². The summed E-state index contributed by atoms with van der Waals surface area (Å²) in [7, 11) is 0. The number of hydrogen-bond donors (Lipinski definition) is 2. The molecule has 1 atom stereocenters. The molecule has 0 bridgehead atoms. The van der Waals surface area contributed by atoms with Crippen LogP contribution >= 0.6 is 0 Å². The lowest BCUT2D eigenvalue weighted by atomic mass is 10.1. The zero-order valence-corrected chi connectivity index (χ0v) is 16.5. The third-order valence-corrected chi connectivity index (χ3v) is 3.87. The van der Waals surface area contributed by atoms with E-state index in [2.05, 4.69) is 32.9 Å². The summed E-state index contributed by atoms with van der Waals surface area (Å²) in [5, 5.41) is 0. The number of hydrogen-bond acceptors (Lipinski definition) is 2. The fourth-order valence-corrected chi connectivity index (χ4v) is 2.48. The molecular weight excluding hydrogens is 280 g/mol. The molecule has 23 heavy (non-hydrogen) atoms. The summed E-state index contributed by atoms with van der Waals surface area (Å²) in [5.74, 6) is 0. The lowest BCUT2D eigenvalue weighted by Gasteiger charge is -2.08. The maximum atomic E-state index is 5.93. The van der Waals surface area contributed by atoms with Crippen LogP contribution in [0.5, 0.6) is 0 Å². The minimum absolute atomic E-state index is 0.322. The zero-order chi connectivity index (χ0) is 17.6. The van der Waals surface area contributed by atoms with Gasteiger partial charge in [-0.2, -0.15) is 0 Å². The minimum atomic E-state index is 0.322. The van der Waals surface area contributed by atoms with Gasteiger partial charge in [0.1, 0.15) is 0 Å². The summed E-state index contributed by atoms with van der Waals surface area (Å²) in [6.45, 7) is 7.25. The Bertz CT molecular complexity index is 214. The van der Waals surface area contributed by atoms with Crippen LogP contribution in [0.2, 0.25) is 0 Å². The number of rotatable bonds is 15. The molecule has 0 saturated carbocycles. The van der Waals surface area contributed by atoms with Gasteiger partial charge in [-0.15, -0.1) is 0 Å².